The Morgan fingerprint density at radius 2 is 1.69 bits per heavy atom. The van der Waals surface area contributed by atoms with Gasteiger partial charge in [-0.1, -0.05) is 43.3 Å². The van der Waals surface area contributed by atoms with Gasteiger partial charge in [0.1, 0.15) is 18.1 Å². The van der Waals surface area contributed by atoms with Gasteiger partial charge in [0.25, 0.3) is 5.91 Å². The Kier molecular flexibility index (Phi) is 7.71. The highest BCUT2D eigenvalue weighted by Gasteiger charge is 2.19. The number of benzene rings is 3. The van der Waals surface area contributed by atoms with Crippen LogP contribution in [0.2, 0.25) is 0 Å². The van der Waals surface area contributed by atoms with Crippen molar-refractivity contribution in [3.05, 3.63) is 66.7 Å². The smallest absolute Gasteiger partial charge is 0.261 e. The Labute approximate surface area is 189 Å². The van der Waals surface area contributed by atoms with Crippen molar-refractivity contribution >= 4 is 26.7 Å². The number of fused-ring (bicyclic) bond motifs is 1. The maximum absolute atomic E-state index is 12.6. The van der Waals surface area contributed by atoms with Crippen LogP contribution >= 0.6 is 0 Å². The molecule has 0 radical (unpaired) electrons. The maximum atomic E-state index is 12.6. The Morgan fingerprint density at radius 1 is 1.00 bits per heavy atom. The fourth-order valence-electron chi connectivity index (χ4n) is 3.15. The minimum Gasteiger partial charge on any atom is -0.492 e. The summed E-state index contributed by atoms with van der Waals surface area (Å²) in [5, 5.41) is 4.85. The Bertz CT molecular complexity index is 1160. The summed E-state index contributed by atoms with van der Waals surface area (Å²) in [6.07, 6.45) is -0.0890. The van der Waals surface area contributed by atoms with E-state index in [-0.39, 0.29) is 17.4 Å². The average molecular weight is 457 g/mol. The van der Waals surface area contributed by atoms with Crippen LogP contribution in [0.4, 0.5) is 0 Å². The van der Waals surface area contributed by atoms with Gasteiger partial charge < -0.3 is 14.8 Å². The van der Waals surface area contributed by atoms with E-state index < -0.39 is 16.1 Å². The summed E-state index contributed by atoms with van der Waals surface area (Å²) in [6.45, 7) is 2.44. The molecule has 0 aliphatic heterocycles. The van der Waals surface area contributed by atoms with Gasteiger partial charge in [-0.05, 0) is 42.1 Å². The molecule has 0 bridgehead atoms. The third kappa shape index (κ3) is 5.57. The number of amides is 1. The molecule has 0 spiro atoms. The van der Waals surface area contributed by atoms with Crippen LogP contribution in [-0.2, 0) is 14.8 Å². The van der Waals surface area contributed by atoms with E-state index in [4.69, 9.17) is 9.47 Å². The monoisotopic (exact) mass is 456 g/mol. The molecule has 1 unspecified atom stereocenters. The van der Waals surface area contributed by atoms with E-state index in [9.17, 15) is 13.2 Å². The second-order valence-corrected chi connectivity index (χ2v) is 9.54. The van der Waals surface area contributed by atoms with Crippen LogP contribution in [0, 0.1) is 0 Å². The highest BCUT2D eigenvalue weighted by molar-refractivity contribution is 7.89. The highest BCUT2D eigenvalue weighted by atomic mass is 32.2. The molecule has 0 aliphatic carbocycles. The molecule has 0 saturated carbocycles. The Balaban J connectivity index is 1.51. The molecule has 1 atom stereocenters. The molecule has 0 saturated heterocycles. The molecule has 32 heavy (non-hydrogen) atoms. The summed E-state index contributed by atoms with van der Waals surface area (Å²) < 4.78 is 37.0. The summed E-state index contributed by atoms with van der Waals surface area (Å²) in [4.78, 5) is 12.8. The minimum atomic E-state index is -3.48. The summed E-state index contributed by atoms with van der Waals surface area (Å²) in [5.41, 5.74) is 0. The first-order valence-corrected chi connectivity index (χ1v) is 11.8. The van der Waals surface area contributed by atoms with Crippen LogP contribution in [0.15, 0.2) is 71.6 Å². The third-order valence-corrected chi connectivity index (χ3v) is 6.78. The van der Waals surface area contributed by atoms with Crippen molar-refractivity contribution in [3.63, 3.8) is 0 Å². The lowest BCUT2D eigenvalue weighted by molar-refractivity contribution is -0.128. The van der Waals surface area contributed by atoms with Crippen LogP contribution in [0.25, 0.3) is 10.8 Å². The van der Waals surface area contributed by atoms with E-state index in [1.807, 2.05) is 49.4 Å². The molecule has 0 fully saturated rings. The zero-order chi connectivity index (χ0) is 23.1. The molecule has 3 aromatic carbocycles. The maximum Gasteiger partial charge on any atom is 0.261 e. The number of hydrogen-bond donors (Lipinski definition) is 1. The molecule has 0 aromatic heterocycles. The summed E-state index contributed by atoms with van der Waals surface area (Å²) >= 11 is 0. The van der Waals surface area contributed by atoms with Gasteiger partial charge in [0.2, 0.25) is 10.0 Å². The van der Waals surface area contributed by atoms with Crippen molar-refractivity contribution in [2.45, 2.75) is 24.3 Å². The van der Waals surface area contributed by atoms with Crippen LogP contribution in [0.1, 0.15) is 13.3 Å². The zero-order valence-corrected chi connectivity index (χ0v) is 19.3. The lowest BCUT2D eigenvalue weighted by Gasteiger charge is -2.18. The highest BCUT2D eigenvalue weighted by Crippen LogP contribution is 2.26. The molecule has 170 valence electrons. The second-order valence-electron chi connectivity index (χ2n) is 7.39. The molecule has 1 N–H and O–H groups in total. The van der Waals surface area contributed by atoms with Gasteiger partial charge in [0, 0.05) is 19.5 Å². The van der Waals surface area contributed by atoms with E-state index >= 15 is 0 Å². The van der Waals surface area contributed by atoms with Crippen molar-refractivity contribution in [1.82, 2.24) is 9.62 Å². The number of rotatable bonds is 10. The number of ether oxygens (including phenoxy) is 2. The van der Waals surface area contributed by atoms with Crippen molar-refractivity contribution in [2.75, 3.05) is 27.2 Å². The summed E-state index contributed by atoms with van der Waals surface area (Å²) in [6, 6.07) is 19.8. The van der Waals surface area contributed by atoms with Crippen molar-refractivity contribution in [3.8, 4) is 11.5 Å². The van der Waals surface area contributed by atoms with Crippen LogP contribution in [-0.4, -0.2) is 52.0 Å². The fourth-order valence-corrected chi connectivity index (χ4v) is 4.05. The fraction of sp³-hybridized carbons (Fsp3) is 0.292. The second kappa shape index (κ2) is 10.5. The number of nitrogens with one attached hydrogen (secondary N) is 1. The lowest BCUT2D eigenvalue weighted by atomic mass is 10.1. The van der Waals surface area contributed by atoms with E-state index in [2.05, 4.69) is 5.32 Å². The Morgan fingerprint density at radius 3 is 2.38 bits per heavy atom. The molecule has 8 heteroatoms. The first-order chi connectivity index (χ1) is 15.3. The lowest BCUT2D eigenvalue weighted by Crippen LogP contribution is -2.39. The predicted molar refractivity (Wildman–Crippen MR) is 124 cm³/mol. The molecule has 7 nitrogen and oxygen atoms in total. The quantitative estimate of drug-likeness (QED) is 0.473. The average Bonchev–Trinajstić information content (AvgIpc) is 2.80. The van der Waals surface area contributed by atoms with Crippen molar-refractivity contribution in [1.29, 1.82) is 0 Å². The zero-order valence-electron chi connectivity index (χ0n) is 18.4. The van der Waals surface area contributed by atoms with Gasteiger partial charge in [-0.25, -0.2) is 12.7 Å². The van der Waals surface area contributed by atoms with Gasteiger partial charge in [-0.2, -0.15) is 0 Å². The van der Waals surface area contributed by atoms with Crippen molar-refractivity contribution in [2.24, 2.45) is 0 Å². The van der Waals surface area contributed by atoms with E-state index in [1.165, 1.54) is 26.2 Å². The number of hydrogen-bond acceptors (Lipinski definition) is 5. The molecular weight excluding hydrogens is 428 g/mol. The van der Waals surface area contributed by atoms with Gasteiger partial charge >= 0.3 is 0 Å². The summed E-state index contributed by atoms with van der Waals surface area (Å²) in [5.74, 6) is 0.988. The van der Waals surface area contributed by atoms with E-state index in [1.54, 1.807) is 12.1 Å². The standard InChI is InChI=1S/C24H28N2O5S/c1-4-22(31-23-11-7-9-18-8-5-6-10-21(18)23)24(27)25-16-17-30-19-12-14-20(15-13-19)32(28,29)26(2)3/h5-15,22H,4,16-17H2,1-3H3,(H,25,27). The van der Waals surface area contributed by atoms with E-state index in [0.29, 0.717) is 24.5 Å². The first-order valence-electron chi connectivity index (χ1n) is 10.4. The summed E-state index contributed by atoms with van der Waals surface area (Å²) in [7, 11) is -0.511. The minimum absolute atomic E-state index is 0.194. The number of sulfonamides is 1. The molecule has 3 rings (SSSR count). The number of carbonyl (C=O) groups excluding carboxylic acids is 1. The van der Waals surface area contributed by atoms with Crippen LogP contribution < -0.4 is 14.8 Å². The van der Waals surface area contributed by atoms with Gasteiger partial charge in [-0.15, -0.1) is 0 Å². The normalized spacial score (nSPS) is 12.5. The molecule has 3 aromatic rings. The van der Waals surface area contributed by atoms with Gasteiger partial charge in [0.15, 0.2) is 6.10 Å². The van der Waals surface area contributed by atoms with E-state index in [0.717, 1.165) is 15.1 Å². The Hall–Kier alpha value is -3.10. The van der Waals surface area contributed by atoms with Gasteiger partial charge in [0.05, 0.1) is 11.4 Å². The number of nitrogens with zero attached hydrogens (tertiary/aromatic N) is 1. The van der Waals surface area contributed by atoms with Crippen LogP contribution in [0.5, 0.6) is 11.5 Å². The predicted octanol–water partition coefficient (Wildman–Crippen LogP) is 3.44. The molecular formula is C24H28N2O5S. The van der Waals surface area contributed by atoms with Gasteiger partial charge in [-0.3, -0.25) is 4.79 Å². The SMILES string of the molecule is CCC(Oc1cccc2ccccc12)C(=O)NCCOc1ccc(S(=O)(=O)N(C)C)cc1. The number of carbonyl (C=O) groups is 1. The molecule has 0 aliphatic rings. The molecule has 1 amide bonds. The van der Waals surface area contributed by atoms with Crippen LogP contribution in [0.3, 0.4) is 0 Å². The van der Waals surface area contributed by atoms with Crippen molar-refractivity contribution < 1.29 is 22.7 Å². The first kappa shape index (κ1) is 23.6. The third-order valence-electron chi connectivity index (χ3n) is 4.95. The topological polar surface area (TPSA) is 84.9 Å². The molecule has 0 heterocycles. The largest absolute Gasteiger partial charge is 0.492 e.